The van der Waals surface area contributed by atoms with E-state index < -0.39 is 6.09 Å². The second kappa shape index (κ2) is 14.3. The lowest BCUT2D eigenvalue weighted by Gasteiger charge is -2.36. The Kier molecular flexibility index (Phi) is 10.8. The third kappa shape index (κ3) is 8.73. The third-order valence-electron chi connectivity index (χ3n) is 5.98. The number of rotatable bonds is 12. The van der Waals surface area contributed by atoms with E-state index in [1.165, 1.54) is 0 Å². The van der Waals surface area contributed by atoms with Crippen molar-refractivity contribution < 1.29 is 19.1 Å². The lowest BCUT2D eigenvalue weighted by Crippen LogP contribution is -2.47. The molecule has 0 unspecified atom stereocenters. The number of amides is 2. The number of anilines is 2. The molecule has 0 aromatic heterocycles. The van der Waals surface area contributed by atoms with Crippen molar-refractivity contribution in [3.63, 3.8) is 0 Å². The first-order valence-electron chi connectivity index (χ1n) is 12.6. The summed E-state index contributed by atoms with van der Waals surface area (Å²) >= 11 is 0. The maximum Gasteiger partial charge on any atom is 0.411 e. The Balaban J connectivity index is 1.38. The van der Waals surface area contributed by atoms with Crippen molar-refractivity contribution in [2.75, 3.05) is 83.3 Å². The number of ether oxygens (including phenoxy) is 2. The molecule has 0 atom stereocenters. The van der Waals surface area contributed by atoms with E-state index in [1.807, 2.05) is 63.5 Å². The largest absolute Gasteiger partial charge is 0.492 e. The zero-order chi connectivity index (χ0) is 25.8. The highest BCUT2D eigenvalue weighted by Crippen LogP contribution is 2.23. The summed E-state index contributed by atoms with van der Waals surface area (Å²) in [7, 11) is 4.05. The van der Waals surface area contributed by atoms with Crippen LogP contribution in [0.3, 0.4) is 0 Å². The van der Waals surface area contributed by atoms with E-state index in [-0.39, 0.29) is 5.91 Å². The van der Waals surface area contributed by atoms with Crippen LogP contribution in [0.25, 0.3) is 0 Å². The molecule has 0 saturated carbocycles. The van der Waals surface area contributed by atoms with Gasteiger partial charge in [-0.15, -0.1) is 0 Å². The highest BCUT2D eigenvalue weighted by Gasteiger charge is 2.18. The van der Waals surface area contributed by atoms with Crippen molar-refractivity contribution in [1.82, 2.24) is 15.1 Å². The zero-order valence-electron chi connectivity index (χ0n) is 21.7. The van der Waals surface area contributed by atoms with Crippen LogP contribution in [-0.4, -0.2) is 94.9 Å². The van der Waals surface area contributed by atoms with Crippen LogP contribution in [0.1, 0.15) is 23.7 Å². The van der Waals surface area contributed by atoms with Crippen LogP contribution in [0.15, 0.2) is 48.5 Å². The molecule has 2 aromatic rings. The van der Waals surface area contributed by atoms with Gasteiger partial charge in [0.1, 0.15) is 12.4 Å². The van der Waals surface area contributed by atoms with Crippen LogP contribution in [0.4, 0.5) is 16.2 Å². The molecule has 9 heteroatoms. The summed E-state index contributed by atoms with van der Waals surface area (Å²) < 4.78 is 10.9. The van der Waals surface area contributed by atoms with Crippen LogP contribution in [-0.2, 0) is 4.74 Å². The molecule has 1 fully saturated rings. The molecule has 0 bridgehead atoms. The van der Waals surface area contributed by atoms with Gasteiger partial charge in [-0.25, -0.2) is 4.79 Å². The molecule has 1 aliphatic rings. The Morgan fingerprint density at radius 1 is 1.03 bits per heavy atom. The molecule has 2 aromatic carbocycles. The molecule has 2 amide bonds. The Labute approximate surface area is 214 Å². The normalized spacial score (nSPS) is 13.9. The monoisotopic (exact) mass is 497 g/mol. The number of nitrogens with zero attached hydrogens (tertiary/aromatic N) is 3. The number of carbonyl (C=O) groups excluding carboxylic acids is 2. The van der Waals surface area contributed by atoms with Crippen LogP contribution in [0.5, 0.6) is 5.75 Å². The van der Waals surface area contributed by atoms with E-state index in [9.17, 15) is 9.59 Å². The third-order valence-corrected chi connectivity index (χ3v) is 5.98. The fourth-order valence-corrected chi connectivity index (χ4v) is 4.04. The minimum atomic E-state index is -0.488. The number of carbonyl (C=O) groups is 2. The van der Waals surface area contributed by atoms with Gasteiger partial charge in [-0.05, 0) is 64.3 Å². The minimum absolute atomic E-state index is 0.0338. The number of para-hydroxylation sites is 2. The predicted molar refractivity (Wildman–Crippen MR) is 143 cm³/mol. The van der Waals surface area contributed by atoms with Crippen LogP contribution in [0, 0.1) is 0 Å². The van der Waals surface area contributed by atoms with Crippen molar-refractivity contribution in [2.45, 2.75) is 13.3 Å². The van der Waals surface area contributed by atoms with E-state index in [0.717, 1.165) is 44.8 Å². The Bertz CT molecular complexity index is 976. The van der Waals surface area contributed by atoms with E-state index in [1.54, 1.807) is 6.07 Å². The quantitative estimate of drug-likeness (QED) is 0.436. The Morgan fingerprint density at radius 2 is 1.81 bits per heavy atom. The molecular formula is C27H39N5O4. The Hall–Kier alpha value is -3.30. The lowest BCUT2D eigenvalue weighted by atomic mass is 10.1. The number of hydrogen-bond donors (Lipinski definition) is 2. The van der Waals surface area contributed by atoms with Gasteiger partial charge in [0.15, 0.2) is 0 Å². The molecule has 1 saturated heterocycles. The van der Waals surface area contributed by atoms with E-state index in [4.69, 9.17) is 9.47 Å². The fraction of sp³-hybridized carbons (Fsp3) is 0.481. The molecule has 0 spiro atoms. The lowest BCUT2D eigenvalue weighted by molar-refractivity contribution is 0.0952. The molecule has 0 aliphatic carbocycles. The zero-order valence-corrected chi connectivity index (χ0v) is 21.7. The summed E-state index contributed by atoms with van der Waals surface area (Å²) in [6, 6.07) is 15.1. The van der Waals surface area contributed by atoms with Gasteiger partial charge < -0.3 is 24.6 Å². The molecule has 36 heavy (non-hydrogen) atoms. The molecule has 2 N–H and O–H groups in total. The number of nitrogens with one attached hydrogen (secondary N) is 2. The summed E-state index contributed by atoms with van der Waals surface area (Å²) in [5.41, 5.74) is 2.34. The topological polar surface area (TPSA) is 86.4 Å². The highest BCUT2D eigenvalue weighted by atomic mass is 16.5. The van der Waals surface area contributed by atoms with Crippen LogP contribution >= 0.6 is 0 Å². The minimum Gasteiger partial charge on any atom is -0.492 e. The first-order chi connectivity index (χ1) is 17.5. The number of hydrogen-bond acceptors (Lipinski definition) is 7. The van der Waals surface area contributed by atoms with Crippen molar-refractivity contribution in [2.24, 2.45) is 0 Å². The first-order valence-corrected chi connectivity index (χ1v) is 12.6. The number of piperazine rings is 1. The van der Waals surface area contributed by atoms with Gasteiger partial charge >= 0.3 is 6.09 Å². The molecule has 1 aliphatic heterocycles. The van der Waals surface area contributed by atoms with Gasteiger partial charge in [0.05, 0.1) is 12.3 Å². The second-order valence-electron chi connectivity index (χ2n) is 8.98. The molecule has 3 rings (SSSR count). The van der Waals surface area contributed by atoms with Crippen LogP contribution in [0.2, 0.25) is 0 Å². The van der Waals surface area contributed by atoms with Crippen molar-refractivity contribution >= 4 is 23.4 Å². The average Bonchev–Trinajstić information content (AvgIpc) is 2.88. The van der Waals surface area contributed by atoms with Crippen LogP contribution < -0.4 is 20.3 Å². The predicted octanol–water partition coefficient (Wildman–Crippen LogP) is 3.14. The summed E-state index contributed by atoms with van der Waals surface area (Å²) in [5.74, 6) is 0.590. The maximum atomic E-state index is 12.5. The van der Waals surface area contributed by atoms with Gasteiger partial charge in [0.2, 0.25) is 0 Å². The summed E-state index contributed by atoms with van der Waals surface area (Å²) in [6.45, 7) is 8.43. The first kappa shape index (κ1) is 27.3. The highest BCUT2D eigenvalue weighted by molar-refractivity contribution is 5.95. The SMILES string of the molecule is CCOc1ccccc1NC(=O)OCCN1CCN(c2cccc(C(=O)NCCCN(C)C)c2)CC1. The molecule has 1 heterocycles. The Morgan fingerprint density at radius 3 is 2.56 bits per heavy atom. The summed E-state index contributed by atoms with van der Waals surface area (Å²) in [5, 5.41) is 5.75. The summed E-state index contributed by atoms with van der Waals surface area (Å²) in [6.07, 6.45) is 0.435. The van der Waals surface area contributed by atoms with Gasteiger partial charge in [0.25, 0.3) is 5.91 Å². The fourth-order valence-electron chi connectivity index (χ4n) is 4.04. The molecule has 0 radical (unpaired) electrons. The molecular weight excluding hydrogens is 458 g/mol. The van der Waals surface area contributed by atoms with E-state index in [0.29, 0.717) is 43.3 Å². The van der Waals surface area contributed by atoms with Crippen molar-refractivity contribution in [3.8, 4) is 5.75 Å². The van der Waals surface area contributed by atoms with Crippen molar-refractivity contribution in [3.05, 3.63) is 54.1 Å². The van der Waals surface area contributed by atoms with E-state index in [2.05, 4.69) is 25.3 Å². The average molecular weight is 498 g/mol. The van der Waals surface area contributed by atoms with Gasteiger partial charge in [-0.1, -0.05) is 18.2 Å². The summed E-state index contributed by atoms with van der Waals surface area (Å²) in [4.78, 5) is 31.4. The number of benzene rings is 2. The van der Waals surface area contributed by atoms with E-state index >= 15 is 0 Å². The van der Waals surface area contributed by atoms with Gasteiger partial charge in [-0.2, -0.15) is 0 Å². The smallest absolute Gasteiger partial charge is 0.411 e. The molecule has 9 nitrogen and oxygen atoms in total. The second-order valence-corrected chi connectivity index (χ2v) is 8.98. The van der Waals surface area contributed by atoms with Gasteiger partial charge in [0, 0.05) is 50.5 Å². The van der Waals surface area contributed by atoms with Gasteiger partial charge in [-0.3, -0.25) is 15.0 Å². The molecule has 196 valence electrons. The van der Waals surface area contributed by atoms with Crippen molar-refractivity contribution in [1.29, 1.82) is 0 Å². The maximum absolute atomic E-state index is 12.5. The standard InChI is InChI=1S/C27H39N5O4/c1-4-35-25-12-6-5-11-24(25)29-27(34)36-20-19-31-15-17-32(18-16-31)23-10-7-9-22(21-23)26(33)28-13-8-14-30(2)3/h5-7,9-12,21H,4,8,13-20H2,1-3H3,(H,28,33)(H,29,34).